The average Bonchev–Trinajstić information content (AvgIpc) is 2.73. The average molecular weight is 379 g/mol. The summed E-state index contributed by atoms with van der Waals surface area (Å²) >= 11 is 0. The van der Waals surface area contributed by atoms with Gasteiger partial charge in [-0.15, -0.1) is 0 Å². The van der Waals surface area contributed by atoms with Gasteiger partial charge in [-0.2, -0.15) is 0 Å². The molecule has 3 aromatic rings. The molecule has 0 fully saturated rings. The Kier molecular flexibility index (Phi) is 6.06. The molecule has 3 aromatic carbocycles. The second-order valence-corrected chi connectivity index (χ2v) is 6.74. The molecular formula is C23H22FNO3. The fourth-order valence-corrected chi connectivity index (χ4v) is 2.76. The molecule has 0 saturated heterocycles. The molecule has 0 aromatic heterocycles. The van der Waals surface area contributed by atoms with E-state index in [2.05, 4.69) is 5.32 Å². The number of hydrogen-bond donors (Lipinski definition) is 2. The molecule has 0 aliphatic carbocycles. The number of carbonyl (C=O) groups excluding carboxylic acids is 1. The maximum atomic E-state index is 12.9. The molecule has 0 aliphatic heterocycles. The van der Waals surface area contributed by atoms with E-state index in [4.69, 9.17) is 4.74 Å². The molecule has 0 bridgehead atoms. The topological polar surface area (TPSA) is 58.6 Å². The lowest BCUT2D eigenvalue weighted by molar-refractivity contribution is -0.124. The van der Waals surface area contributed by atoms with Gasteiger partial charge in [-0.1, -0.05) is 54.6 Å². The van der Waals surface area contributed by atoms with Gasteiger partial charge in [0.25, 0.3) is 5.91 Å². The van der Waals surface area contributed by atoms with Crippen LogP contribution < -0.4 is 10.1 Å². The molecule has 28 heavy (non-hydrogen) atoms. The van der Waals surface area contributed by atoms with E-state index in [-0.39, 0.29) is 24.9 Å². The zero-order chi connectivity index (χ0) is 20.0. The number of rotatable bonds is 7. The van der Waals surface area contributed by atoms with Crippen LogP contribution in [-0.4, -0.2) is 24.2 Å². The van der Waals surface area contributed by atoms with E-state index in [0.717, 1.165) is 11.1 Å². The fraction of sp³-hybridized carbons (Fsp3) is 0.174. The minimum Gasteiger partial charge on any atom is -0.484 e. The SMILES string of the molecule is CC(O)(CNC(=O)COc1ccc(F)cc1)c1ccc(-c2ccccc2)cc1. The van der Waals surface area contributed by atoms with Crippen LogP contribution in [0.15, 0.2) is 78.9 Å². The number of hydrogen-bond acceptors (Lipinski definition) is 3. The summed E-state index contributed by atoms with van der Waals surface area (Å²) < 4.78 is 18.2. The molecule has 144 valence electrons. The Hall–Kier alpha value is -3.18. The van der Waals surface area contributed by atoms with E-state index in [0.29, 0.717) is 11.3 Å². The van der Waals surface area contributed by atoms with Crippen molar-refractivity contribution < 1.29 is 19.0 Å². The van der Waals surface area contributed by atoms with E-state index in [1.54, 1.807) is 6.92 Å². The summed E-state index contributed by atoms with van der Waals surface area (Å²) in [4.78, 5) is 12.0. The highest BCUT2D eigenvalue weighted by atomic mass is 19.1. The van der Waals surface area contributed by atoms with Crippen molar-refractivity contribution in [2.75, 3.05) is 13.2 Å². The lowest BCUT2D eigenvalue weighted by Gasteiger charge is -2.24. The second-order valence-electron chi connectivity index (χ2n) is 6.74. The minimum atomic E-state index is -1.22. The van der Waals surface area contributed by atoms with Crippen molar-refractivity contribution >= 4 is 5.91 Å². The van der Waals surface area contributed by atoms with E-state index in [1.165, 1.54) is 24.3 Å². The van der Waals surface area contributed by atoms with Crippen LogP contribution in [0, 0.1) is 5.82 Å². The van der Waals surface area contributed by atoms with E-state index >= 15 is 0 Å². The highest BCUT2D eigenvalue weighted by Crippen LogP contribution is 2.24. The molecular weight excluding hydrogens is 357 g/mol. The first kappa shape index (κ1) is 19.6. The van der Waals surface area contributed by atoms with Crippen LogP contribution in [0.3, 0.4) is 0 Å². The van der Waals surface area contributed by atoms with Gasteiger partial charge in [0.15, 0.2) is 6.61 Å². The van der Waals surface area contributed by atoms with Crippen LogP contribution >= 0.6 is 0 Å². The molecule has 3 rings (SSSR count). The van der Waals surface area contributed by atoms with Crippen LogP contribution in [0.5, 0.6) is 5.75 Å². The van der Waals surface area contributed by atoms with Crippen molar-refractivity contribution in [3.8, 4) is 16.9 Å². The van der Waals surface area contributed by atoms with E-state index < -0.39 is 5.60 Å². The third-order valence-electron chi connectivity index (χ3n) is 4.43. The summed E-state index contributed by atoms with van der Waals surface area (Å²) in [7, 11) is 0. The summed E-state index contributed by atoms with van der Waals surface area (Å²) in [5.74, 6) is -0.337. The van der Waals surface area contributed by atoms with Gasteiger partial charge in [-0.05, 0) is 47.9 Å². The predicted octanol–water partition coefficient (Wildman–Crippen LogP) is 3.90. The van der Waals surface area contributed by atoms with Gasteiger partial charge in [0.2, 0.25) is 0 Å². The monoisotopic (exact) mass is 379 g/mol. The Morgan fingerprint density at radius 3 is 2.21 bits per heavy atom. The van der Waals surface area contributed by atoms with E-state index in [1.807, 2.05) is 54.6 Å². The van der Waals surface area contributed by atoms with Crippen molar-refractivity contribution in [2.45, 2.75) is 12.5 Å². The van der Waals surface area contributed by atoms with Crippen molar-refractivity contribution in [1.82, 2.24) is 5.32 Å². The summed E-state index contributed by atoms with van der Waals surface area (Å²) in [5, 5.41) is 13.4. The number of nitrogens with one attached hydrogen (secondary N) is 1. The molecule has 0 saturated carbocycles. The van der Waals surface area contributed by atoms with Gasteiger partial charge in [-0.25, -0.2) is 4.39 Å². The summed E-state index contributed by atoms with van der Waals surface area (Å²) in [5.41, 5.74) is 1.63. The van der Waals surface area contributed by atoms with Crippen LogP contribution in [0.4, 0.5) is 4.39 Å². The number of benzene rings is 3. The normalized spacial score (nSPS) is 12.8. The standard InChI is InChI=1S/C23H22FNO3/c1-23(27,16-25-22(26)15-28-21-13-11-20(24)12-14-21)19-9-7-18(8-10-19)17-5-3-2-4-6-17/h2-14,27H,15-16H2,1H3,(H,25,26). The van der Waals surface area contributed by atoms with Gasteiger partial charge >= 0.3 is 0 Å². The fourth-order valence-electron chi connectivity index (χ4n) is 2.76. The Bertz CT molecular complexity index is 907. The summed E-state index contributed by atoms with van der Waals surface area (Å²) in [6, 6.07) is 23.0. The highest BCUT2D eigenvalue weighted by molar-refractivity contribution is 5.77. The Morgan fingerprint density at radius 2 is 1.57 bits per heavy atom. The molecule has 0 spiro atoms. The number of amides is 1. The van der Waals surface area contributed by atoms with Crippen LogP contribution in [0.2, 0.25) is 0 Å². The van der Waals surface area contributed by atoms with Gasteiger partial charge in [-0.3, -0.25) is 4.79 Å². The predicted molar refractivity (Wildman–Crippen MR) is 106 cm³/mol. The largest absolute Gasteiger partial charge is 0.484 e. The number of halogens is 1. The van der Waals surface area contributed by atoms with Crippen molar-refractivity contribution in [1.29, 1.82) is 0 Å². The lowest BCUT2D eigenvalue weighted by atomic mass is 9.93. The van der Waals surface area contributed by atoms with E-state index in [9.17, 15) is 14.3 Å². The summed E-state index contributed by atoms with van der Waals surface area (Å²) in [6.07, 6.45) is 0. The van der Waals surface area contributed by atoms with Crippen molar-refractivity contribution in [3.05, 3.63) is 90.2 Å². The van der Waals surface area contributed by atoms with Crippen molar-refractivity contribution in [2.24, 2.45) is 0 Å². The first-order valence-electron chi connectivity index (χ1n) is 8.97. The molecule has 0 radical (unpaired) electrons. The second kappa shape index (κ2) is 8.67. The quantitative estimate of drug-likeness (QED) is 0.655. The molecule has 4 nitrogen and oxygen atoms in total. The highest BCUT2D eigenvalue weighted by Gasteiger charge is 2.24. The first-order valence-corrected chi connectivity index (χ1v) is 8.97. The van der Waals surface area contributed by atoms with Gasteiger partial charge in [0.05, 0.1) is 6.54 Å². The number of aliphatic hydroxyl groups is 1. The minimum absolute atomic E-state index is 0.0449. The van der Waals surface area contributed by atoms with Crippen LogP contribution in [0.1, 0.15) is 12.5 Å². The molecule has 0 heterocycles. The van der Waals surface area contributed by atoms with Crippen molar-refractivity contribution in [3.63, 3.8) is 0 Å². The third kappa shape index (κ3) is 5.18. The molecule has 0 aliphatic rings. The maximum Gasteiger partial charge on any atom is 0.258 e. The zero-order valence-electron chi connectivity index (χ0n) is 15.6. The van der Waals surface area contributed by atoms with Crippen LogP contribution in [-0.2, 0) is 10.4 Å². The van der Waals surface area contributed by atoms with Gasteiger partial charge in [0.1, 0.15) is 17.2 Å². The summed E-state index contributed by atoms with van der Waals surface area (Å²) in [6.45, 7) is 1.48. The third-order valence-corrected chi connectivity index (χ3v) is 4.43. The van der Waals surface area contributed by atoms with Gasteiger partial charge < -0.3 is 15.2 Å². The van der Waals surface area contributed by atoms with Crippen LogP contribution in [0.25, 0.3) is 11.1 Å². The Labute approximate surface area is 163 Å². The number of ether oxygens (including phenoxy) is 1. The lowest BCUT2D eigenvalue weighted by Crippen LogP contribution is -2.40. The molecule has 2 N–H and O–H groups in total. The Morgan fingerprint density at radius 1 is 0.964 bits per heavy atom. The number of carbonyl (C=O) groups is 1. The zero-order valence-corrected chi connectivity index (χ0v) is 15.6. The first-order chi connectivity index (χ1) is 13.4. The molecule has 5 heteroatoms. The Balaban J connectivity index is 1.54. The molecule has 1 amide bonds. The molecule has 1 atom stereocenters. The van der Waals surface area contributed by atoms with Gasteiger partial charge in [0, 0.05) is 0 Å². The molecule has 1 unspecified atom stereocenters. The smallest absolute Gasteiger partial charge is 0.258 e. The maximum absolute atomic E-state index is 12.9.